The van der Waals surface area contributed by atoms with Gasteiger partial charge in [0.1, 0.15) is 18.1 Å². The highest BCUT2D eigenvalue weighted by atomic mass is 16.5. The van der Waals surface area contributed by atoms with Gasteiger partial charge in [0.15, 0.2) is 0 Å². The van der Waals surface area contributed by atoms with Gasteiger partial charge in [0.2, 0.25) is 5.95 Å². The molecule has 2 aromatic carbocycles. The molecule has 28 heavy (non-hydrogen) atoms. The summed E-state index contributed by atoms with van der Waals surface area (Å²) in [6.45, 7) is 6.24. The van der Waals surface area contributed by atoms with Crippen LogP contribution in [0, 0.1) is 0 Å². The van der Waals surface area contributed by atoms with Crippen molar-refractivity contribution < 1.29 is 4.74 Å². The number of aromatic amines is 1. The third-order valence-corrected chi connectivity index (χ3v) is 3.92. The first kappa shape index (κ1) is 19.3. The molecule has 0 aliphatic rings. The maximum Gasteiger partial charge on any atom is 0.274 e. The number of anilines is 1. The monoisotopic (exact) mass is 377 g/mol. The van der Waals surface area contributed by atoms with Crippen molar-refractivity contribution in [2.24, 2.45) is 5.10 Å². The summed E-state index contributed by atoms with van der Waals surface area (Å²) in [6, 6.07) is 17.5. The first-order valence-electron chi connectivity index (χ1n) is 8.95. The second kappa shape index (κ2) is 8.47. The van der Waals surface area contributed by atoms with Crippen molar-refractivity contribution in [1.29, 1.82) is 0 Å². The average molecular weight is 377 g/mol. The molecule has 144 valence electrons. The van der Waals surface area contributed by atoms with Gasteiger partial charge in [-0.25, -0.2) is 5.43 Å². The Morgan fingerprint density at radius 2 is 1.79 bits per heavy atom. The Bertz CT molecular complexity index is 990. The Morgan fingerprint density at radius 3 is 2.43 bits per heavy atom. The number of rotatable bonds is 6. The quantitative estimate of drug-likeness (QED) is 0.507. The highest BCUT2D eigenvalue weighted by Crippen LogP contribution is 2.15. The standard InChI is InChI=1S/C21H23N5O2/c1-21(2,3)18-19(27)23-20(26-24-18)25-22-13-15-9-11-17(12-10-15)28-14-16-7-5-4-6-8-16/h4-13H,14H2,1-3H3,(H2,23,25,26,27)/b22-13+. The smallest absolute Gasteiger partial charge is 0.274 e. The molecule has 0 aliphatic heterocycles. The van der Waals surface area contributed by atoms with Crippen molar-refractivity contribution in [1.82, 2.24) is 15.2 Å². The van der Waals surface area contributed by atoms with Crippen molar-refractivity contribution in [2.75, 3.05) is 5.43 Å². The van der Waals surface area contributed by atoms with E-state index in [0.717, 1.165) is 16.9 Å². The van der Waals surface area contributed by atoms with Gasteiger partial charge >= 0.3 is 0 Å². The summed E-state index contributed by atoms with van der Waals surface area (Å²) in [7, 11) is 0. The molecule has 3 rings (SSSR count). The molecular weight excluding hydrogens is 354 g/mol. The van der Waals surface area contributed by atoms with Crippen LogP contribution in [0.1, 0.15) is 37.6 Å². The molecule has 7 nitrogen and oxygen atoms in total. The maximum absolute atomic E-state index is 12.1. The zero-order chi connectivity index (χ0) is 20.0. The lowest BCUT2D eigenvalue weighted by Crippen LogP contribution is -2.28. The van der Waals surface area contributed by atoms with Crippen LogP contribution in [-0.4, -0.2) is 21.4 Å². The van der Waals surface area contributed by atoms with E-state index in [1.165, 1.54) is 0 Å². The molecule has 0 saturated heterocycles. The number of hydrazone groups is 1. The third kappa shape index (κ3) is 5.26. The van der Waals surface area contributed by atoms with Crippen LogP contribution in [-0.2, 0) is 12.0 Å². The Balaban J connectivity index is 1.56. The van der Waals surface area contributed by atoms with E-state index >= 15 is 0 Å². The Labute approximate surface area is 163 Å². The zero-order valence-corrected chi connectivity index (χ0v) is 16.1. The summed E-state index contributed by atoms with van der Waals surface area (Å²) in [6.07, 6.45) is 1.62. The lowest BCUT2D eigenvalue weighted by Gasteiger charge is -2.15. The summed E-state index contributed by atoms with van der Waals surface area (Å²) in [5.74, 6) is 0.971. The van der Waals surface area contributed by atoms with E-state index in [2.05, 4.69) is 25.7 Å². The molecule has 0 spiro atoms. The number of H-pyrrole nitrogens is 1. The number of hydrogen-bond donors (Lipinski definition) is 2. The van der Waals surface area contributed by atoms with E-state index in [-0.39, 0.29) is 16.9 Å². The number of aromatic nitrogens is 3. The Kier molecular flexibility index (Phi) is 5.84. The average Bonchev–Trinajstić information content (AvgIpc) is 2.67. The molecule has 0 amide bonds. The maximum atomic E-state index is 12.1. The lowest BCUT2D eigenvalue weighted by molar-refractivity contribution is 0.306. The second-order valence-electron chi connectivity index (χ2n) is 7.31. The van der Waals surface area contributed by atoms with E-state index in [9.17, 15) is 4.79 Å². The van der Waals surface area contributed by atoms with Gasteiger partial charge in [-0.3, -0.25) is 9.78 Å². The molecular formula is C21H23N5O2. The van der Waals surface area contributed by atoms with Crippen LogP contribution in [0.2, 0.25) is 0 Å². The molecule has 7 heteroatoms. The molecule has 3 aromatic rings. The van der Waals surface area contributed by atoms with Crippen LogP contribution in [0.25, 0.3) is 0 Å². The van der Waals surface area contributed by atoms with E-state index in [4.69, 9.17) is 4.74 Å². The van der Waals surface area contributed by atoms with Gasteiger partial charge in [-0.15, -0.1) is 10.2 Å². The highest BCUT2D eigenvalue weighted by molar-refractivity contribution is 5.80. The molecule has 2 N–H and O–H groups in total. The van der Waals surface area contributed by atoms with Gasteiger partial charge in [0, 0.05) is 5.41 Å². The largest absolute Gasteiger partial charge is 0.489 e. The van der Waals surface area contributed by atoms with E-state index < -0.39 is 0 Å². The van der Waals surface area contributed by atoms with Gasteiger partial charge in [-0.05, 0) is 35.4 Å². The lowest BCUT2D eigenvalue weighted by atomic mass is 9.93. The molecule has 0 fully saturated rings. The van der Waals surface area contributed by atoms with Gasteiger partial charge in [0.05, 0.1) is 6.21 Å². The van der Waals surface area contributed by atoms with Crippen LogP contribution in [0.4, 0.5) is 5.95 Å². The van der Waals surface area contributed by atoms with Gasteiger partial charge in [-0.1, -0.05) is 51.1 Å². The molecule has 1 aromatic heterocycles. The van der Waals surface area contributed by atoms with Crippen molar-refractivity contribution in [3.05, 3.63) is 81.8 Å². The molecule has 0 radical (unpaired) electrons. The van der Waals surface area contributed by atoms with Gasteiger partial charge < -0.3 is 4.74 Å². The summed E-state index contributed by atoms with van der Waals surface area (Å²) < 4.78 is 5.75. The van der Waals surface area contributed by atoms with Gasteiger partial charge in [-0.2, -0.15) is 5.10 Å². The highest BCUT2D eigenvalue weighted by Gasteiger charge is 2.20. The second-order valence-corrected chi connectivity index (χ2v) is 7.31. The molecule has 1 heterocycles. The van der Waals surface area contributed by atoms with Crippen molar-refractivity contribution in [3.8, 4) is 5.75 Å². The van der Waals surface area contributed by atoms with Crippen LogP contribution in [0.3, 0.4) is 0 Å². The minimum absolute atomic E-state index is 0.192. The molecule has 0 bridgehead atoms. The third-order valence-electron chi connectivity index (χ3n) is 3.92. The fraction of sp³-hybridized carbons (Fsp3) is 0.238. The zero-order valence-electron chi connectivity index (χ0n) is 16.1. The minimum Gasteiger partial charge on any atom is -0.489 e. The Morgan fingerprint density at radius 1 is 1.07 bits per heavy atom. The van der Waals surface area contributed by atoms with Crippen molar-refractivity contribution in [3.63, 3.8) is 0 Å². The fourth-order valence-corrected chi connectivity index (χ4v) is 2.44. The predicted octanol–water partition coefficient (Wildman–Crippen LogP) is 3.49. The number of hydrogen-bond acceptors (Lipinski definition) is 6. The first-order valence-corrected chi connectivity index (χ1v) is 8.95. The van der Waals surface area contributed by atoms with Crippen LogP contribution in [0.15, 0.2) is 64.5 Å². The number of nitrogens with zero attached hydrogens (tertiary/aromatic N) is 3. The van der Waals surface area contributed by atoms with Crippen molar-refractivity contribution >= 4 is 12.2 Å². The number of ether oxygens (including phenoxy) is 1. The summed E-state index contributed by atoms with van der Waals surface area (Å²) in [5.41, 5.74) is 4.41. The number of nitrogens with one attached hydrogen (secondary N) is 2. The predicted molar refractivity (Wildman–Crippen MR) is 110 cm³/mol. The summed E-state index contributed by atoms with van der Waals surface area (Å²) >= 11 is 0. The molecule has 0 unspecified atom stereocenters. The Hall–Kier alpha value is -3.48. The molecule has 0 aliphatic carbocycles. The van der Waals surface area contributed by atoms with E-state index in [1.54, 1.807) is 6.21 Å². The topological polar surface area (TPSA) is 92.3 Å². The SMILES string of the molecule is CC(C)(C)c1nnc(N/N=C/c2ccc(OCc3ccccc3)cc2)[nH]c1=O. The molecule has 0 saturated carbocycles. The van der Waals surface area contributed by atoms with E-state index in [0.29, 0.717) is 12.3 Å². The minimum atomic E-state index is -0.368. The summed E-state index contributed by atoms with van der Waals surface area (Å²) in [4.78, 5) is 14.7. The molecule has 0 atom stereocenters. The van der Waals surface area contributed by atoms with E-state index in [1.807, 2.05) is 75.4 Å². The first-order chi connectivity index (χ1) is 13.4. The van der Waals surface area contributed by atoms with Crippen LogP contribution in [0.5, 0.6) is 5.75 Å². The van der Waals surface area contributed by atoms with Crippen LogP contribution < -0.4 is 15.7 Å². The van der Waals surface area contributed by atoms with Crippen LogP contribution >= 0.6 is 0 Å². The fourth-order valence-electron chi connectivity index (χ4n) is 2.44. The van der Waals surface area contributed by atoms with Gasteiger partial charge in [0.25, 0.3) is 5.56 Å². The number of benzene rings is 2. The van der Waals surface area contributed by atoms with Crippen molar-refractivity contribution in [2.45, 2.75) is 32.8 Å². The summed E-state index contributed by atoms with van der Waals surface area (Å²) in [5, 5.41) is 12.0. The normalized spacial score (nSPS) is 11.5.